The molecule has 0 aliphatic carbocycles. The molecule has 37 heavy (non-hydrogen) atoms. The van der Waals surface area contributed by atoms with Crippen molar-refractivity contribution in [3.05, 3.63) is 44.4 Å². The summed E-state index contributed by atoms with van der Waals surface area (Å²) in [5.41, 5.74) is 1.24. The Hall–Kier alpha value is -2.44. The van der Waals surface area contributed by atoms with Gasteiger partial charge in [-0.05, 0) is 32.4 Å². The fourth-order valence-corrected chi connectivity index (χ4v) is 7.07. The molecule has 0 spiro atoms. The van der Waals surface area contributed by atoms with Gasteiger partial charge in [-0.2, -0.15) is 0 Å². The lowest BCUT2D eigenvalue weighted by Crippen LogP contribution is -2.48. The number of carboxylic acid groups (broad SMARTS) is 1. The van der Waals surface area contributed by atoms with Crippen molar-refractivity contribution in [2.24, 2.45) is 0 Å². The molecule has 1 N–H and O–H groups in total. The molecular formula is C25H29ClN6O3S2. The molecule has 3 aromatic heterocycles. The van der Waals surface area contributed by atoms with Gasteiger partial charge in [0.2, 0.25) is 0 Å². The monoisotopic (exact) mass is 560 g/mol. The maximum absolute atomic E-state index is 13.1. The lowest BCUT2D eigenvalue weighted by molar-refractivity contribution is -0.138. The normalized spacial score (nSPS) is 19.0. The Bertz CT molecular complexity index is 1260. The van der Waals surface area contributed by atoms with E-state index in [1.807, 2.05) is 16.3 Å². The van der Waals surface area contributed by atoms with Crippen LogP contribution in [0, 0.1) is 0 Å². The highest BCUT2D eigenvalue weighted by Crippen LogP contribution is 2.36. The minimum atomic E-state index is -0.819. The molecule has 0 radical (unpaired) electrons. The van der Waals surface area contributed by atoms with Gasteiger partial charge in [-0.3, -0.25) is 19.4 Å². The molecule has 3 aromatic rings. The van der Waals surface area contributed by atoms with Crippen LogP contribution in [0.1, 0.15) is 40.1 Å². The number of carbonyl (C=O) groups is 2. The van der Waals surface area contributed by atoms with Crippen LogP contribution in [0.4, 0.5) is 5.82 Å². The maximum atomic E-state index is 13.1. The number of aliphatic carboxylic acids is 1. The first kappa shape index (κ1) is 26.2. The lowest BCUT2D eigenvalue weighted by atomic mass is 10.2. The number of hydrogen-bond donors (Lipinski definition) is 1. The number of carbonyl (C=O) groups excluding carboxylic acids is 1. The predicted octanol–water partition coefficient (Wildman–Crippen LogP) is 3.93. The van der Waals surface area contributed by atoms with Gasteiger partial charge in [0.15, 0.2) is 5.78 Å². The summed E-state index contributed by atoms with van der Waals surface area (Å²) >= 11 is 9.36. The van der Waals surface area contributed by atoms with Crippen molar-refractivity contribution >= 4 is 51.8 Å². The van der Waals surface area contributed by atoms with Gasteiger partial charge >= 0.3 is 5.97 Å². The fourth-order valence-electron chi connectivity index (χ4n) is 4.81. The number of aromatic nitrogens is 3. The zero-order valence-electron chi connectivity index (χ0n) is 20.6. The molecule has 5 heterocycles. The van der Waals surface area contributed by atoms with E-state index in [1.165, 1.54) is 23.9 Å². The SMILES string of the molecule is C[C@@H]1CCCN1Cc1sc(CC(=O)c2cnc(N3CCN(CC(=O)O)CC3)cn2)nc1-c1cc(Cl)cs1. The van der Waals surface area contributed by atoms with E-state index >= 15 is 0 Å². The topological polar surface area (TPSA) is 103 Å². The maximum Gasteiger partial charge on any atom is 0.317 e. The molecule has 0 unspecified atom stereocenters. The van der Waals surface area contributed by atoms with Gasteiger partial charge in [-0.1, -0.05) is 11.6 Å². The minimum absolute atomic E-state index is 0.0454. The number of halogens is 1. The standard InChI is InChI=1S/C25H29ClN6O3S2/c1-16-3-2-4-32(16)13-21-25(20-9-17(26)15-36-20)29-23(37-21)10-19(33)18-11-28-22(12-27-18)31-7-5-30(6-8-31)14-24(34)35/h9,11-12,15-16H,2-8,10,13-14H2,1H3,(H,34,35)/t16-/m1/s1. The summed E-state index contributed by atoms with van der Waals surface area (Å²) in [5, 5.41) is 12.3. The van der Waals surface area contributed by atoms with E-state index in [4.69, 9.17) is 21.7 Å². The molecule has 2 fully saturated rings. The molecular weight excluding hydrogens is 532 g/mol. The Morgan fingerprint density at radius 2 is 1.97 bits per heavy atom. The van der Waals surface area contributed by atoms with Gasteiger partial charge in [0.05, 0.1) is 41.0 Å². The first-order valence-corrected chi connectivity index (χ1v) is 14.4. The Balaban J connectivity index is 1.26. The molecule has 2 saturated heterocycles. The zero-order valence-corrected chi connectivity index (χ0v) is 23.0. The van der Waals surface area contributed by atoms with Crippen LogP contribution in [0.3, 0.4) is 0 Å². The van der Waals surface area contributed by atoms with Gasteiger partial charge in [0, 0.05) is 49.0 Å². The molecule has 9 nitrogen and oxygen atoms in total. The van der Waals surface area contributed by atoms with Gasteiger partial charge in [0.25, 0.3) is 0 Å². The predicted molar refractivity (Wildman–Crippen MR) is 146 cm³/mol. The van der Waals surface area contributed by atoms with Crippen molar-refractivity contribution in [1.82, 2.24) is 24.8 Å². The Kier molecular flexibility index (Phi) is 8.15. The molecule has 0 bridgehead atoms. The number of hydrogen-bond acceptors (Lipinski definition) is 10. The van der Waals surface area contributed by atoms with Crippen LogP contribution in [0.2, 0.25) is 5.02 Å². The second-order valence-corrected chi connectivity index (χ2v) is 12.0. The van der Waals surface area contributed by atoms with Gasteiger partial charge in [0.1, 0.15) is 16.5 Å². The van der Waals surface area contributed by atoms with E-state index in [0.29, 0.717) is 48.8 Å². The summed E-state index contributed by atoms with van der Waals surface area (Å²) in [7, 11) is 0. The third-order valence-corrected chi connectivity index (χ3v) is 9.20. The second-order valence-electron chi connectivity index (χ2n) is 9.49. The highest BCUT2D eigenvalue weighted by atomic mass is 35.5. The number of anilines is 1. The van der Waals surface area contributed by atoms with Crippen molar-refractivity contribution in [3.8, 4) is 10.6 Å². The Labute approximate surface area is 228 Å². The van der Waals surface area contributed by atoms with Gasteiger partial charge in [-0.15, -0.1) is 22.7 Å². The van der Waals surface area contributed by atoms with E-state index in [1.54, 1.807) is 28.9 Å². The van der Waals surface area contributed by atoms with E-state index in [0.717, 1.165) is 28.7 Å². The van der Waals surface area contributed by atoms with Crippen molar-refractivity contribution in [2.75, 3.05) is 44.2 Å². The molecule has 0 aromatic carbocycles. The summed E-state index contributed by atoms with van der Waals surface area (Å²) in [6.45, 7) is 6.84. The van der Waals surface area contributed by atoms with Gasteiger partial charge in [-0.25, -0.2) is 15.0 Å². The van der Waals surface area contributed by atoms with Crippen LogP contribution >= 0.6 is 34.3 Å². The number of rotatable bonds is 9. The fraction of sp³-hybridized carbons (Fsp3) is 0.480. The average molecular weight is 561 g/mol. The van der Waals surface area contributed by atoms with E-state index in [2.05, 4.69) is 26.7 Å². The molecule has 0 amide bonds. The highest BCUT2D eigenvalue weighted by molar-refractivity contribution is 7.15. The number of thiazole rings is 1. The zero-order chi connectivity index (χ0) is 25.9. The van der Waals surface area contributed by atoms with E-state index in [9.17, 15) is 9.59 Å². The van der Waals surface area contributed by atoms with Crippen molar-refractivity contribution < 1.29 is 14.7 Å². The van der Waals surface area contributed by atoms with Crippen LogP contribution in [0.25, 0.3) is 10.6 Å². The number of nitrogens with zero attached hydrogens (tertiary/aromatic N) is 6. The quantitative estimate of drug-likeness (QED) is 0.390. The summed E-state index contributed by atoms with van der Waals surface area (Å²) in [4.78, 5) is 46.3. The van der Waals surface area contributed by atoms with E-state index < -0.39 is 5.97 Å². The summed E-state index contributed by atoms with van der Waals surface area (Å²) in [6, 6.07) is 2.48. The molecule has 0 saturated carbocycles. The van der Waals surface area contributed by atoms with Crippen LogP contribution in [0.15, 0.2) is 23.8 Å². The van der Waals surface area contributed by atoms with Crippen LogP contribution in [0.5, 0.6) is 0 Å². The number of Topliss-reactive ketones (excluding diaryl/α,β-unsaturated/α-hetero) is 1. The van der Waals surface area contributed by atoms with Crippen LogP contribution in [-0.2, 0) is 17.8 Å². The van der Waals surface area contributed by atoms with Gasteiger partial charge < -0.3 is 10.0 Å². The van der Waals surface area contributed by atoms with Crippen molar-refractivity contribution in [3.63, 3.8) is 0 Å². The molecule has 196 valence electrons. The number of ketones is 1. The largest absolute Gasteiger partial charge is 0.480 e. The minimum Gasteiger partial charge on any atom is -0.480 e. The number of carboxylic acids is 1. The number of thiophene rings is 1. The summed E-state index contributed by atoms with van der Waals surface area (Å²) < 4.78 is 0. The molecule has 2 aliphatic rings. The Morgan fingerprint density at radius 1 is 1.16 bits per heavy atom. The van der Waals surface area contributed by atoms with Crippen molar-refractivity contribution in [2.45, 2.75) is 38.8 Å². The number of likely N-dealkylation sites (tertiary alicyclic amines) is 1. The number of piperazine rings is 1. The molecule has 12 heteroatoms. The second kappa shape index (κ2) is 11.5. The average Bonchev–Trinajstić information content (AvgIpc) is 3.60. The smallest absolute Gasteiger partial charge is 0.317 e. The lowest BCUT2D eigenvalue weighted by Gasteiger charge is -2.34. The molecule has 1 atom stereocenters. The first-order valence-electron chi connectivity index (χ1n) is 12.4. The van der Waals surface area contributed by atoms with Crippen LogP contribution < -0.4 is 4.90 Å². The molecule has 5 rings (SSSR count). The van der Waals surface area contributed by atoms with E-state index in [-0.39, 0.29) is 18.7 Å². The molecule has 2 aliphatic heterocycles. The highest BCUT2D eigenvalue weighted by Gasteiger charge is 2.25. The summed E-state index contributed by atoms with van der Waals surface area (Å²) in [5.74, 6) is -0.240. The third kappa shape index (κ3) is 6.35. The Morgan fingerprint density at radius 3 is 2.59 bits per heavy atom. The van der Waals surface area contributed by atoms with Crippen LogP contribution in [-0.4, -0.2) is 86.9 Å². The first-order chi connectivity index (χ1) is 17.9. The summed E-state index contributed by atoms with van der Waals surface area (Å²) in [6.07, 6.45) is 5.74. The van der Waals surface area contributed by atoms with Crippen molar-refractivity contribution in [1.29, 1.82) is 0 Å². The third-order valence-electron chi connectivity index (χ3n) is 6.87.